The molecular formula is C17H23NO2. The summed E-state index contributed by atoms with van der Waals surface area (Å²) in [4.78, 5) is 13.2. The van der Waals surface area contributed by atoms with Crippen molar-refractivity contribution >= 4 is 12.0 Å². The second-order valence-corrected chi connectivity index (χ2v) is 5.79. The van der Waals surface area contributed by atoms with Gasteiger partial charge in [-0.3, -0.25) is 4.90 Å². The van der Waals surface area contributed by atoms with Gasteiger partial charge < -0.3 is 5.11 Å². The van der Waals surface area contributed by atoms with Crippen LogP contribution in [0.3, 0.4) is 0 Å². The summed E-state index contributed by atoms with van der Waals surface area (Å²) in [5.41, 5.74) is 2.21. The van der Waals surface area contributed by atoms with E-state index in [1.165, 1.54) is 24.5 Å². The normalized spacial score (nSPS) is 20.1. The molecule has 1 unspecified atom stereocenters. The van der Waals surface area contributed by atoms with Crippen LogP contribution in [0.5, 0.6) is 0 Å². The Balaban J connectivity index is 2.15. The molecule has 1 aromatic carbocycles. The first-order valence-electron chi connectivity index (χ1n) is 7.31. The maximum atomic E-state index is 10.7. The van der Waals surface area contributed by atoms with E-state index in [4.69, 9.17) is 5.11 Å². The molecule has 3 heteroatoms. The fourth-order valence-corrected chi connectivity index (χ4v) is 3.02. The number of hydrogen-bond acceptors (Lipinski definition) is 2. The minimum absolute atomic E-state index is 0.645. The van der Waals surface area contributed by atoms with E-state index < -0.39 is 5.97 Å². The van der Waals surface area contributed by atoms with E-state index in [-0.39, 0.29) is 0 Å². The summed E-state index contributed by atoms with van der Waals surface area (Å²) in [6, 6.07) is 8.70. The van der Waals surface area contributed by atoms with Crippen molar-refractivity contribution in [2.24, 2.45) is 5.92 Å². The minimum Gasteiger partial charge on any atom is -0.478 e. The van der Waals surface area contributed by atoms with Crippen LogP contribution in [-0.4, -0.2) is 28.6 Å². The average molecular weight is 273 g/mol. The number of benzene rings is 1. The topological polar surface area (TPSA) is 40.5 Å². The van der Waals surface area contributed by atoms with Crippen molar-refractivity contribution in [1.82, 2.24) is 4.90 Å². The van der Waals surface area contributed by atoms with Crippen LogP contribution in [0.4, 0.5) is 0 Å². The molecule has 2 rings (SSSR count). The molecule has 1 aromatic rings. The summed E-state index contributed by atoms with van der Waals surface area (Å²) in [7, 11) is 0. The predicted molar refractivity (Wildman–Crippen MR) is 81.4 cm³/mol. The molecule has 1 aliphatic heterocycles. The molecule has 1 aliphatic rings. The van der Waals surface area contributed by atoms with Crippen molar-refractivity contribution in [3.63, 3.8) is 0 Å². The Bertz CT molecular complexity index is 494. The fraction of sp³-hybridized carbons (Fsp3) is 0.471. The number of carboxylic acids is 1. The van der Waals surface area contributed by atoms with Crippen LogP contribution in [-0.2, 0) is 11.3 Å². The lowest BCUT2D eigenvalue weighted by Crippen LogP contribution is -2.33. The fourth-order valence-electron chi connectivity index (χ4n) is 3.02. The zero-order valence-corrected chi connectivity index (χ0v) is 12.2. The number of aliphatic carboxylic acids is 1. The molecule has 1 N–H and O–H groups in total. The van der Waals surface area contributed by atoms with Crippen LogP contribution in [0, 0.1) is 5.92 Å². The third kappa shape index (κ3) is 3.70. The molecule has 1 fully saturated rings. The molecule has 0 spiro atoms. The summed E-state index contributed by atoms with van der Waals surface area (Å²) < 4.78 is 0. The first kappa shape index (κ1) is 14.8. The Morgan fingerprint density at radius 1 is 1.45 bits per heavy atom. The van der Waals surface area contributed by atoms with E-state index in [1.807, 2.05) is 18.2 Å². The third-order valence-electron chi connectivity index (χ3n) is 4.02. The van der Waals surface area contributed by atoms with Crippen LogP contribution < -0.4 is 0 Å². The van der Waals surface area contributed by atoms with Gasteiger partial charge in [-0.1, -0.05) is 38.1 Å². The molecule has 0 aliphatic carbocycles. The summed E-state index contributed by atoms with van der Waals surface area (Å²) in [5, 5.41) is 8.77. The van der Waals surface area contributed by atoms with Gasteiger partial charge in [-0.05, 0) is 42.5 Å². The highest BCUT2D eigenvalue weighted by atomic mass is 16.4. The van der Waals surface area contributed by atoms with Crippen molar-refractivity contribution < 1.29 is 9.90 Å². The maximum Gasteiger partial charge on any atom is 0.328 e. The number of likely N-dealkylation sites (tertiary alicyclic amines) is 1. The lowest BCUT2D eigenvalue weighted by atomic mass is 10.0. The van der Waals surface area contributed by atoms with Gasteiger partial charge in [-0.15, -0.1) is 0 Å². The zero-order chi connectivity index (χ0) is 14.5. The minimum atomic E-state index is -0.902. The van der Waals surface area contributed by atoms with Gasteiger partial charge in [0.15, 0.2) is 0 Å². The largest absolute Gasteiger partial charge is 0.478 e. The molecule has 0 bridgehead atoms. The van der Waals surface area contributed by atoms with Gasteiger partial charge >= 0.3 is 5.97 Å². The summed E-state index contributed by atoms with van der Waals surface area (Å²) in [6.45, 7) is 6.60. The van der Waals surface area contributed by atoms with Crippen LogP contribution in [0.15, 0.2) is 30.3 Å². The molecule has 0 aromatic heterocycles. The number of carbonyl (C=O) groups is 1. The van der Waals surface area contributed by atoms with Gasteiger partial charge in [0.25, 0.3) is 0 Å². The second-order valence-electron chi connectivity index (χ2n) is 5.79. The number of carboxylic acid groups (broad SMARTS) is 1. The first-order valence-corrected chi connectivity index (χ1v) is 7.31. The highest BCUT2D eigenvalue weighted by Gasteiger charge is 2.27. The molecule has 20 heavy (non-hydrogen) atoms. The molecule has 1 saturated heterocycles. The Morgan fingerprint density at radius 3 is 2.90 bits per heavy atom. The second kappa shape index (κ2) is 6.71. The summed E-state index contributed by atoms with van der Waals surface area (Å²) in [6.07, 6.45) is 5.43. The maximum absolute atomic E-state index is 10.7. The molecule has 0 amide bonds. The van der Waals surface area contributed by atoms with E-state index in [2.05, 4.69) is 24.8 Å². The molecule has 0 radical (unpaired) electrons. The Kier molecular flexibility index (Phi) is 4.96. The summed E-state index contributed by atoms with van der Waals surface area (Å²) in [5.74, 6) is -0.236. The van der Waals surface area contributed by atoms with E-state index in [9.17, 15) is 4.79 Å². The molecule has 0 saturated carbocycles. The zero-order valence-electron chi connectivity index (χ0n) is 12.2. The number of rotatable bonds is 5. The van der Waals surface area contributed by atoms with Gasteiger partial charge in [-0.25, -0.2) is 4.79 Å². The number of nitrogens with zero attached hydrogens (tertiary/aromatic N) is 1. The smallest absolute Gasteiger partial charge is 0.328 e. The first-order chi connectivity index (χ1) is 9.58. The highest BCUT2D eigenvalue weighted by molar-refractivity contribution is 5.85. The average Bonchev–Trinajstić information content (AvgIpc) is 2.86. The van der Waals surface area contributed by atoms with Crippen LogP contribution in [0.1, 0.15) is 37.8 Å². The monoisotopic (exact) mass is 273 g/mol. The lowest BCUT2D eigenvalue weighted by molar-refractivity contribution is -0.131. The van der Waals surface area contributed by atoms with Crippen molar-refractivity contribution in [2.45, 2.75) is 39.3 Å². The highest BCUT2D eigenvalue weighted by Crippen LogP contribution is 2.26. The number of hydrogen-bond donors (Lipinski definition) is 1. The molecule has 1 atom stereocenters. The van der Waals surface area contributed by atoms with Gasteiger partial charge in [0.2, 0.25) is 0 Å². The third-order valence-corrected chi connectivity index (χ3v) is 4.02. The SMILES string of the molecule is CC(C)C1CCCN1Cc1ccccc1C=CC(=O)O. The lowest BCUT2D eigenvalue weighted by Gasteiger charge is -2.28. The van der Waals surface area contributed by atoms with Crippen molar-refractivity contribution in [3.8, 4) is 0 Å². The Morgan fingerprint density at radius 2 is 2.20 bits per heavy atom. The van der Waals surface area contributed by atoms with Gasteiger partial charge in [0, 0.05) is 18.7 Å². The molecule has 3 nitrogen and oxygen atoms in total. The van der Waals surface area contributed by atoms with Crippen LogP contribution >= 0.6 is 0 Å². The van der Waals surface area contributed by atoms with E-state index in [1.54, 1.807) is 6.08 Å². The van der Waals surface area contributed by atoms with Crippen LogP contribution in [0.25, 0.3) is 6.08 Å². The molecule has 108 valence electrons. The van der Waals surface area contributed by atoms with Crippen molar-refractivity contribution in [1.29, 1.82) is 0 Å². The Hall–Kier alpha value is -1.61. The van der Waals surface area contributed by atoms with Crippen molar-refractivity contribution in [2.75, 3.05) is 6.54 Å². The van der Waals surface area contributed by atoms with E-state index >= 15 is 0 Å². The van der Waals surface area contributed by atoms with Gasteiger partial charge in [0.05, 0.1) is 0 Å². The van der Waals surface area contributed by atoms with Crippen molar-refractivity contribution in [3.05, 3.63) is 41.5 Å². The summed E-state index contributed by atoms with van der Waals surface area (Å²) >= 11 is 0. The molecule has 1 heterocycles. The quantitative estimate of drug-likeness (QED) is 0.836. The van der Waals surface area contributed by atoms with Crippen LogP contribution in [0.2, 0.25) is 0 Å². The van der Waals surface area contributed by atoms with Gasteiger partial charge in [0.1, 0.15) is 0 Å². The standard InChI is InChI=1S/C17H23NO2/c1-13(2)16-8-5-11-18(16)12-15-7-4-3-6-14(15)9-10-17(19)20/h3-4,6-7,9-10,13,16H,5,8,11-12H2,1-2H3,(H,19,20). The van der Waals surface area contributed by atoms with Gasteiger partial charge in [-0.2, -0.15) is 0 Å². The Labute approximate surface area is 120 Å². The van der Waals surface area contributed by atoms with E-state index in [0.29, 0.717) is 12.0 Å². The van der Waals surface area contributed by atoms with E-state index in [0.717, 1.165) is 18.7 Å². The predicted octanol–water partition coefficient (Wildman–Crippen LogP) is 3.40. The molecular weight excluding hydrogens is 250 g/mol.